The Balaban J connectivity index is 1.53. The van der Waals surface area contributed by atoms with E-state index in [2.05, 4.69) is 16.6 Å². The Kier molecular flexibility index (Phi) is 7.04. The van der Waals surface area contributed by atoms with Crippen LogP contribution in [0.4, 0.5) is 0 Å². The smallest absolute Gasteiger partial charge is 0.244 e. The molecule has 0 saturated heterocycles. The average molecular weight is 407 g/mol. The minimum atomic E-state index is -0.150. The summed E-state index contributed by atoms with van der Waals surface area (Å²) in [6.07, 6.45) is 1.91. The van der Waals surface area contributed by atoms with Crippen LogP contribution in [0.2, 0.25) is 5.02 Å². The number of hydrogen-bond donors (Lipinski definition) is 1. The molecule has 0 saturated carbocycles. The minimum absolute atomic E-state index is 0.150. The van der Waals surface area contributed by atoms with E-state index in [1.54, 1.807) is 6.21 Å². The van der Waals surface area contributed by atoms with Crippen molar-refractivity contribution in [3.8, 4) is 5.75 Å². The Hall–Kier alpha value is -3.11. The number of rotatable bonds is 7. The Bertz CT molecular complexity index is 1010. The van der Waals surface area contributed by atoms with Crippen molar-refractivity contribution in [2.24, 2.45) is 5.10 Å². The van der Waals surface area contributed by atoms with Gasteiger partial charge in [-0.05, 0) is 60.4 Å². The predicted molar refractivity (Wildman–Crippen MR) is 118 cm³/mol. The number of hydrogen-bond acceptors (Lipinski definition) is 3. The van der Waals surface area contributed by atoms with Gasteiger partial charge in [0.15, 0.2) is 0 Å². The molecule has 0 aliphatic carbocycles. The number of nitrogens with zero attached hydrogens (tertiary/aromatic N) is 1. The molecule has 0 heterocycles. The number of nitrogens with one attached hydrogen (secondary N) is 1. The fourth-order valence-corrected chi connectivity index (χ4v) is 2.99. The first-order valence-corrected chi connectivity index (χ1v) is 9.73. The molecule has 1 amide bonds. The van der Waals surface area contributed by atoms with E-state index in [1.807, 2.05) is 74.5 Å². The molecule has 0 unspecified atom stereocenters. The lowest BCUT2D eigenvalue weighted by Crippen LogP contribution is -2.20. The third kappa shape index (κ3) is 6.47. The van der Waals surface area contributed by atoms with Gasteiger partial charge >= 0.3 is 0 Å². The second kappa shape index (κ2) is 9.89. The van der Waals surface area contributed by atoms with Gasteiger partial charge in [0.05, 0.1) is 12.6 Å². The monoisotopic (exact) mass is 406 g/mol. The molecule has 3 aromatic carbocycles. The summed E-state index contributed by atoms with van der Waals surface area (Å²) >= 11 is 5.89. The van der Waals surface area contributed by atoms with Crippen molar-refractivity contribution < 1.29 is 9.53 Å². The van der Waals surface area contributed by atoms with Crippen LogP contribution in [0.25, 0.3) is 0 Å². The van der Waals surface area contributed by atoms with Crippen LogP contribution in [-0.4, -0.2) is 12.1 Å². The first-order valence-electron chi connectivity index (χ1n) is 9.35. The fraction of sp³-hybridized carbons (Fsp3) is 0.167. The largest absolute Gasteiger partial charge is 0.489 e. The van der Waals surface area contributed by atoms with Crippen molar-refractivity contribution in [3.63, 3.8) is 0 Å². The van der Waals surface area contributed by atoms with Crippen LogP contribution in [0.3, 0.4) is 0 Å². The Morgan fingerprint density at radius 1 is 1.07 bits per heavy atom. The van der Waals surface area contributed by atoms with E-state index in [0.717, 1.165) is 28.0 Å². The van der Waals surface area contributed by atoms with E-state index in [0.29, 0.717) is 18.1 Å². The molecule has 0 spiro atoms. The van der Waals surface area contributed by atoms with Crippen LogP contribution in [0.1, 0.15) is 27.8 Å². The highest BCUT2D eigenvalue weighted by molar-refractivity contribution is 6.30. The van der Waals surface area contributed by atoms with E-state index in [4.69, 9.17) is 16.3 Å². The van der Waals surface area contributed by atoms with Gasteiger partial charge in [-0.2, -0.15) is 5.10 Å². The molecular weight excluding hydrogens is 384 g/mol. The molecule has 148 valence electrons. The van der Waals surface area contributed by atoms with Gasteiger partial charge in [-0.15, -0.1) is 0 Å². The topological polar surface area (TPSA) is 50.7 Å². The van der Waals surface area contributed by atoms with Crippen molar-refractivity contribution >= 4 is 23.7 Å². The number of ether oxygens (including phenoxy) is 1. The van der Waals surface area contributed by atoms with Gasteiger partial charge in [0, 0.05) is 5.02 Å². The molecule has 0 aromatic heterocycles. The molecule has 1 N–H and O–H groups in total. The van der Waals surface area contributed by atoms with E-state index in [1.165, 1.54) is 5.56 Å². The van der Waals surface area contributed by atoms with Crippen LogP contribution < -0.4 is 10.2 Å². The molecule has 5 heteroatoms. The molecule has 4 nitrogen and oxygen atoms in total. The van der Waals surface area contributed by atoms with Crippen molar-refractivity contribution in [3.05, 3.63) is 99.6 Å². The van der Waals surface area contributed by atoms with Crippen LogP contribution in [0, 0.1) is 13.8 Å². The number of amides is 1. The summed E-state index contributed by atoms with van der Waals surface area (Å²) in [5.41, 5.74) is 7.74. The van der Waals surface area contributed by atoms with Gasteiger partial charge < -0.3 is 4.74 Å². The normalized spacial score (nSPS) is 10.9. The van der Waals surface area contributed by atoms with Gasteiger partial charge in [-0.1, -0.05) is 59.6 Å². The maximum absolute atomic E-state index is 12.1. The van der Waals surface area contributed by atoms with Crippen LogP contribution in [-0.2, 0) is 17.8 Å². The molecule has 0 radical (unpaired) electrons. The second-order valence-corrected chi connectivity index (χ2v) is 7.32. The number of hydrazone groups is 1. The van der Waals surface area contributed by atoms with Gasteiger partial charge in [0.2, 0.25) is 5.91 Å². The maximum Gasteiger partial charge on any atom is 0.244 e. The van der Waals surface area contributed by atoms with Gasteiger partial charge in [0.25, 0.3) is 0 Å². The molecule has 0 aliphatic rings. The Labute approximate surface area is 176 Å². The maximum atomic E-state index is 12.1. The van der Waals surface area contributed by atoms with Crippen molar-refractivity contribution in [1.82, 2.24) is 5.43 Å². The highest BCUT2D eigenvalue weighted by Crippen LogP contribution is 2.16. The summed E-state index contributed by atoms with van der Waals surface area (Å²) in [5.74, 6) is 0.578. The summed E-state index contributed by atoms with van der Waals surface area (Å²) in [7, 11) is 0. The molecule has 3 aromatic rings. The summed E-state index contributed by atoms with van der Waals surface area (Å²) in [5, 5.41) is 4.76. The van der Waals surface area contributed by atoms with Crippen molar-refractivity contribution in [1.29, 1.82) is 0 Å². The molecule has 0 fully saturated rings. The number of carbonyl (C=O) groups is 1. The number of carbonyl (C=O) groups excluding carboxylic acids is 1. The quantitative estimate of drug-likeness (QED) is 0.431. The molecule has 3 rings (SSSR count). The van der Waals surface area contributed by atoms with Gasteiger partial charge in [0.1, 0.15) is 12.4 Å². The molecular formula is C24H23ClN2O2. The van der Waals surface area contributed by atoms with Gasteiger partial charge in [-0.3, -0.25) is 4.79 Å². The Morgan fingerprint density at radius 3 is 2.62 bits per heavy atom. The first kappa shape index (κ1) is 20.6. The molecule has 0 aliphatic heterocycles. The van der Waals surface area contributed by atoms with E-state index in [-0.39, 0.29) is 5.91 Å². The fourth-order valence-electron chi connectivity index (χ4n) is 2.87. The SMILES string of the molecule is Cc1ccc(CC(=O)N/N=C/c2cccc(OCc3ccc(Cl)cc3)c2)c(C)c1. The third-order valence-electron chi connectivity index (χ3n) is 4.43. The number of halogens is 1. The molecule has 0 atom stereocenters. The third-order valence-corrected chi connectivity index (χ3v) is 4.68. The highest BCUT2D eigenvalue weighted by atomic mass is 35.5. The summed E-state index contributed by atoms with van der Waals surface area (Å²) in [6.45, 7) is 4.49. The average Bonchev–Trinajstić information content (AvgIpc) is 2.70. The van der Waals surface area contributed by atoms with Crippen LogP contribution in [0.5, 0.6) is 5.75 Å². The summed E-state index contributed by atoms with van der Waals surface area (Å²) in [6, 6.07) is 21.1. The number of benzene rings is 3. The van der Waals surface area contributed by atoms with Gasteiger partial charge in [-0.25, -0.2) is 5.43 Å². The zero-order valence-corrected chi connectivity index (χ0v) is 17.2. The van der Waals surface area contributed by atoms with Crippen LogP contribution in [0.15, 0.2) is 71.8 Å². The molecule has 29 heavy (non-hydrogen) atoms. The standard InChI is InChI=1S/C24H23ClN2O2/c1-17-6-9-21(18(2)12-17)14-24(28)27-26-15-20-4-3-5-23(13-20)29-16-19-7-10-22(25)11-8-19/h3-13,15H,14,16H2,1-2H3,(H,27,28)/b26-15+. The van der Waals surface area contributed by atoms with Crippen molar-refractivity contribution in [2.75, 3.05) is 0 Å². The lowest BCUT2D eigenvalue weighted by atomic mass is 10.0. The molecule has 0 bridgehead atoms. The zero-order chi connectivity index (χ0) is 20.6. The van der Waals surface area contributed by atoms with E-state index >= 15 is 0 Å². The lowest BCUT2D eigenvalue weighted by Gasteiger charge is -2.07. The van der Waals surface area contributed by atoms with Crippen molar-refractivity contribution in [2.45, 2.75) is 26.9 Å². The summed E-state index contributed by atoms with van der Waals surface area (Å²) in [4.78, 5) is 12.1. The van der Waals surface area contributed by atoms with E-state index in [9.17, 15) is 4.79 Å². The predicted octanol–water partition coefficient (Wildman–Crippen LogP) is 5.23. The van der Waals surface area contributed by atoms with Crippen LogP contribution >= 0.6 is 11.6 Å². The first-order chi connectivity index (χ1) is 14.0. The highest BCUT2D eigenvalue weighted by Gasteiger charge is 2.05. The minimum Gasteiger partial charge on any atom is -0.489 e. The van der Waals surface area contributed by atoms with E-state index < -0.39 is 0 Å². The second-order valence-electron chi connectivity index (χ2n) is 6.89. The zero-order valence-electron chi connectivity index (χ0n) is 16.5. The number of aryl methyl sites for hydroxylation is 2. The Morgan fingerprint density at radius 2 is 1.86 bits per heavy atom. The summed E-state index contributed by atoms with van der Waals surface area (Å²) < 4.78 is 5.81. The lowest BCUT2D eigenvalue weighted by molar-refractivity contribution is -0.120.